The molecule has 1 atom stereocenters. The summed E-state index contributed by atoms with van der Waals surface area (Å²) in [6.45, 7) is 5.92. The van der Waals surface area contributed by atoms with E-state index in [4.69, 9.17) is 4.42 Å². The van der Waals surface area contributed by atoms with Crippen molar-refractivity contribution in [2.45, 2.75) is 46.1 Å². The standard InChI is InChI=1S/C23H30N4O6S/c1-23(2,3)14-34(31,32)27-18(21(29)30)12-15-6-7-20-17(11-15)19(28)13-16(33-20)5-4-8-24-22-25-9-10-26-22/h6-7,9-11,13,18,27H,4-5,8,12,14H2,1-3H3,(H,29,30)(H2,24,25,26)/t18-/m0/s1. The van der Waals surface area contributed by atoms with Gasteiger partial charge < -0.3 is 19.8 Å². The van der Waals surface area contributed by atoms with Crippen LogP contribution in [0.2, 0.25) is 0 Å². The van der Waals surface area contributed by atoms with Crippen molar-refractivity contribution >= 4 is 32.9 Å². The van der Waals surface area contributed by atoms with E-state index < -0.39 is 27.4 Å². The first-order valence-electron chi connectivity index (χ1n) is 10.9. The normalized spacial score (nSPS) is 13.1. The van der Waals surface area contributed by atoms with Crippen LogP contribution in [0.1, 0.15) is 38.5 Å². The van der Waals surface area contributed by atoms with Crippen LogP contribution in [0, 0.1) is 5.41 Å². The maximum Gasteiger partial charge on any atom is 0.322 e. The number of imidazole rings is 1. The van der Waals surface area contributed by atoms with Crippen molar-refractivity contribution in [1.29, 1.82) is 0 Å². The molecule has 0 bridgehead atoms. The van der Waals surface area contributed by atoms with Gasteiger partial charge in [-0.2, -0.15) is 0 Å². The third kappa shape index (κ3) is 7.42. The van der Waals surface area contributed by atoms with Gasteiger partial charge in [0.25, 0.3) is 0 Å². The second-order valence-electron chi connectivity index (χ2n) is 9.41. The van der Waals surface area contributed by atoms with E-state index in [9.17, 15) is 23.1 Å². The Kier molecular flexibility index (Phi) is 7.78. The Morgan fingerprint density at radius 3 is 2.68 bits per heavy atom. The molecule has 0 fully saturated rings. The van der Waals surface area contributed by atoms with Crippen LogP contribution in [0.4, 0.5) is 5.95 Å². The van der Waals surface area contributed by atoms with Gasteiger partial charge in [0.2, 0.25) is 10.0 Å². The van der Waals surface area contributed by atoms with Crippen molar-refractivity contribution in [2.75, 3.05) is 17.6 Å². The molecule has 2 aromatic heterocycles. The van der Waals surface area contributed by atoms with Gasteiger partial charge in [-0.3, -0.25) is 9.59 Å². The number of aryl methyl sites for hydroxylation is 1. The summed E-state index contributed by atoms with van der Waals surface area (Å²) in [7, 11) is -3.81. The van der Waals surface area contributed by atoms with Crippen LogP contribution in [0.25, 0.3) is 11.0 Å². The average molecular weight is 491 g/mol. The highest BCUT2D eigenvalue weighted by molar-refractivity contribution is 7.89. The molecule has 0 saturated heterocycles. The van der Waals surface area contributed by atoms with Crippen molar-refractivity contribution in [3.8, 4) is 0 Å². The van der Waals surface area contributed by atoms with Gasteiger partial charge in [-0.15, -0.1) is 0 Å². The molecule has 1 aromatic carbocycles. The number of aliphatic carboxylic acids is 1. The van der Waals surface area contributed by atoms with Crippen LogP contribution in [0.15, 0.2) is 45.9 Å². The Hall–Kier alpha value is -3.18. The number of fused-ring (bicyclic) bond motifs is 1. The monoisotopic (exact) mass is 490 g/mol. The number of aromatic amines is 1. The number of benzene rings is 1. The average Bonchev–Trinajstić information content (AvgIpc) is 3.22. The van der Waals surface area contributed by atoms with Gasteiger partial charge >= 0.3 is 5.97 Å². The number of hydrogen-bond donors (Lipinski definition) is 4. The molecule has 0 spiro atoms. The zero-order valence-electron chi connectivity index (χ0n) is 19.4. The van der Waals surface area contributed by atoms with Crippen LogP contribution in [-0.4, -0.2) is 47.8 Å². The second kappa shape index (κ2) is 10.4. The highest BCUT2D eigenvalue weighted by Gasteiger charge is 2.28. The fourth-order valence-electron chi connectivity index (χ4n) is 3.58. The number of carbonyl (C=O) groups is 1. The van der Waals surface area contributed by atoms with E-state index in [1.807, 2.05) is 0 Å². The summed E-state index contributed by atoms with van der Waals surface area (Å²) in [5.41, 5.74) is 0.146. The van der Waals surface area contributed by atoms with Crippen molar-refractivity contribution < 1.29 is 22.7 Å². The Morgan fingerprint density at radius 2 is 2.03 bits per heavy atom. The Bertz CT molecular complexity index is 1290. The maximum atomic E-state index is 12.7. The highest BCUT2D eigenvalue weighted by Crippen LogP contribution is 2.19. The number of aromatic nitrogens is 2. The number of H-pyrrole nitrogens is 1. The molecule has 3 aromatic rings. The first-order valence-corrected chi connectivity index (χ1v) is 12.6. The minimum Gasteiger partial charge on any atom is -0.480 e. The van der Waals surface area contributed by atoms with Gasteiger partial charge in [-0.25, -0.2) is 18.1 Å². The maximum absolute atomic E-state index is 12.7. The lowest BCUT2D eigenvalue weighted by molar-refractivity contribution is -0.138. The minimum atomic E-state index is -3.81. The third-order valence-electron chi connectivity index (χ3n) is 4.92. The smallest absolute Gasteiger partial charge is 0.322 e. The molecule has 0 aliphatic heterocycles. The summed E-state index contributed by atoms with van der Waals surface area (Å²) in [5.74, 6) is -0.272. The summed E-state index contributed by atoms with van der Waals surface area (Å²) >= 11 is 0. The number of carboxylic acids is 1. The molecule has 11 heteroatoms. The Labute approximate surface area is 197 Å². The number of anilines is 1. The Balaban J connectivity index is 1.69. The predicted octanol–water partition coefficient (Wildman–Crippen LogP) is 2.52. The number of rotatable bonds is 11. The molecule has 0 radical (unpaired) electrons. The van der Waals surface area contributed by atoms with Crippen LogP contribution in [0.5, 0.6) is 0 Å². The molecule has 0 unspecified atom stereocenters. The van der Waals surface area contributed by atoms with Crippen LogP contribution in [0.3, 0.4) is 0 Å². The van der Waals surface area contributed by atoms with Gasteiger partial charge in [0.05, 0.1) is 11.1 Å². The van der Waals surface area contributed by atoms with E-state index in [0.717, 1.165) is 6.42 Å². The van der Waals surface area contributed by atoms with Crippen molar-refractivity contribution in [1.82, 2.24) is 14.7 Å². The number of nitrogens with zero attached hydrogens (tertiary/aromatic N) is 1. The third-order valence-corrected chi connectivity index (χ3v) is 6.81. The zero-order chi connectivity index (χ0) is 24.9. The topological polar surface area (TPSA) is 154 Å². The van der Waals surface area contributed by atoms with E-state index >= 15 is 0 Å². The molecule has 34 heavy (non-hydrogen) atoms. The molecule has 0 aliphatic carbocycles. The highest BCUT2D eigenvalue weighted by atomic mass is 32.2. The summed E-state index contributed by atoms with van der Waals surface area (Å²) in [5, 5.41) is 13.0. The second-order valence-corrected chi connectivity index (χ2v) is 11.2. The largest absolute Gasteiger partial charge is 0.480 e. The van der Waals surface area contributed by atoms with Gasteiger partial charge in [0.15, 0.2) is 11.4 Å². The molecule has 3 rings (SSSR count). The van der Waals surface area contributed by atoms with Crippen molar-refractivity contribution in [2.24, 2.45) is 5.41 Å². The lowest BCUT2D eigenvalue weighted by Gasteiger charge is -2.21. The van der Waals surface area contributed by atoms with Gasteiger partial charge in [0, 0.05) is 31.4 Å². The molecule has 0 amide bonds. The van der Waals surface area contributed by atoms with Gasteiger partial charge in [-0.1, -0.05) is 26.8 Å². The fourth-order valence-corrected chi connectivity index (χ4v) is 5.42. The molecule has 4 N–H and O–H groups in total. The first-order chi connectivity index (χ1) is 15.9. The fraction of sp³-hybridized carbons (Fsp3) is 0.435. The molecule has 184 valence electrons. The summed E-state index contributed by atoms with van der Waals surface area (Å²) in [4.78, 5) is 31.4. The van der Waals surface area contributed by atoms with E-state index in [1.54, 1.807) is 51.4 Å². The van der Waals surface area contributed by atoms with Gasteiger partial charge in [0.1, 0.15) is 17.4 Å². The number of carboxylic acid groups (broad SMARTS) is 1. The lowest BCUT2D eigenvalue weighted by atomic mass is 10.0. The molecule has 0 aliphatic rings. The number of hydrogen-bond acceptors (Lipinski definition) is 7. The van der Waals surface area contributed by atoms with E-state index in [2.05, 4.69) is 20.0 Å². The summed E-state index contributed by atoms with van der Waals surface area (Å²) in [6.07, 6.45) is 4.55. The molecular weight excluding hydrogens is 460 g/mol. The molecule has 10 nitrogen and oxygen atoms in total. The molecular formula is C23H30N4O6S. The van der Waals surface area contributed by atoms with Crippen molar-refractivity contribution in [3.63, 3.8) is 0 Å². The Morgan fingerprint density at radius 1 is 1.26 bits per heavy atom. The first kappa shape index (κ1) is 25.4. The van der Waals surface area contributed by atoms with Gasteiger partial charge in [-0.05, 0) is 36.0 Å². The van der Waals surface area contributed by atoms with Crippen LogP contribution >= 0.6 is 0 Å². The van der Waals surface area contributed by atoms with Crippen LogP contribution in [-0.2, 0) is 27.7 Å². The minimum absolute atomic E-state index is 0.103. The van der Waals surface area contributed by atoms with E-state index in [1.165, 1.54) is 6.07 Å². The summed E-state index contributed by atoms with van der Waals surface area (Å²) in [6, 6.07) is 4.88. The van der Waals surface area contributed by atoms with E-state index in [0.29, 0.717) is 41.2 Å². The summed E-state index contributed by atoms with van der Waals surface area (Å²) < 4.78 is 32.9. The van der Waals surface area contributed by atoms with Crippen LogP contribution < -0.4 is 15.5 Å². The number of nitrogens with one attached hydrogen (secondary N) is 3. The SMILES string of the molecule is CC(C)(C)CS(=O)(=O)N[C@@H](Cc1ccc2oc(CCCNc3ncc[nH]3)cc(=O)c2c1)C(=O)O. The number of sulfonamides is 1. The van der Waals surface area contributed by atoms with Crippen molar-refractivity contribution in [3.05, 3.63) is 58.2 Å². The van der Waals surface area contributed by atoms with E-state index in [-0.39, 0.29) is 17.6 Å². The zero-order valence-corrected chi connectivity index (χ0v) is 20.2. The molecule has 2 heterocycles. The lowest BCUT2D eigenvalue weighted by Crippen LogP contribution is -2.45. The predicted molar refractivity (Wildman–Crippen MR) is 129 cm³/mol. The molecule has 0 saturated carbocycles. The quantitative estimate of drug-likeness (QED) is 0.299.